The van der Waals surface area contributed by atoms with Gasteiger partial charge in [0.05, 0.1) is 12.5 Å². The van der Waals surface area contributed by atoms with Gasteiger partial charge in [0.15, 0.2) is 0 Å². The summed E-state index contributed by atoms with van der Waals surface area (Å²) in [6.07, 6.45) is 0.343. The molecule has 4 heteroatoms. The number of benzene rings is 1. The van der Waals surface area contributed by atoms with Gasteiger partial charge in [0.25, 0.3) is 0 Å². The second kappa shape index (κ2) is 3.83. The predicted octanol–water partition coefficient (Wildman–Crippen LogP) is 3.71. The molecule has 70 valence electrons. The van der Waals surface area contributed by atoms with Crippen LogP contribution in [0.3, 0.4) is 0 Å². The van der Waals surface area contributed by atoms with Crippen LogP contribution in [-0.2, 0) is 6.42 Å². The van der Waals surface area contributed by atoms with E-state index in [4.69, 9.17) is 5.26 Å². The van der Waals surface area contributed by atoms with Gasteiger partial charge in [-0.15, -0.1) is 11.3 Å². The molecular formula is C10H5FINS. The topological polar surface area (TPSA) is 23.8 Å². The molecule has 0 spiro atoms. The maximum Gasteiger partial charge on any atom is 0.132 e. The molecule has 1 aromatic heterocycles. The lowest BCUT2D eigenvalue weighted by molar-refractivity contribution is 0.639. The van der Waals surface area contributed by atoms with Gasteiger partial charge in [-0.1, -0.05) is 0 Å². The van der Waals surface area contributed by atoms with Gasteiger partial charge in [0.1, 0.15) is 5.82 Å². The molecule has 1 nitrogen and oxygen atoms in total. The molecule has 0 aliphatic carbocycles. The molecule has 2 rings (SSSR count). The van der Waals surface area contributed by atoms with Crippen molar-refractivity contribution in [1.82, 2.24) is 0 Å². The number of nitrogens with zero attached hydrogens (tertiary/aromatic N) is 1. The fourth-order valence-corrected chi connectivity index (χ4v) is 3.23. The molecule has 0 radical (unpaired) electrons. The van der Waals surface area contributed by atoms with Crippen LogP contribution in [0, 0.1) is 20.7 Å². The first-order valence-corrected chi connectivity index (χ1v) is 5.91. The van der Waals surface area contributed by atoms with Gasteiger partial charge < -0.3 is 0 Å². The fourth-order valence-electron chi connectivity index (χ4n) is 1.36. The first-order valence-electron chi connectivity index (χ1n) is 3.95. The van der Waals surface area contributed by atoms with Crippen LogP contribution >= 0.6 is 33.9 Å². The summed E-state index contributed by atoms with van der Waals surface area (Å²) in [5.41, 5.74) is 0.944. The average Bonchev–Trinajstić information content (AvgIpc) is 2.60. The lowest BCUT2D eigenvalue weighted by Crippen LogP contribution is -1.89. The maximum atomic E-state index is 13.4. The molecule has 0 aliphatic rings. The van der Waals surface area contributed by atoms with Crippen LogP contribution in [-0.4, -0.2) is 0 Å². The largest absolute Gasteiger partial charge is 0.206 e. The van der Waals surface area contributed by atoms with Crippen molar-refractivity contribution in [3.63, 3.8) is 0 Å². The Kier molecular flexibility index (Phi) is 2.70. The van der Waals surface area contributed by atoms with Crippen molar-refractivity contribution >= 4 is 44.0 Å². The minimum absolute atomic E-state index is 0.202. The number of halogens is 2. The van der Waals surface area contributed by atoms with Crippen molar-refractivity contribution in [1.29, 1.82) is 5.26 Å². The van der Waals surface area contributed by atoms with Crippen LogP contribution in [0.2, 0.25) is 0 Å². The van der Waals surface area contributed by atoms with Gasteiger partial charge in [0.2, 0.25) is 0 Å². The van der Waals surface area contributed by atoms with Gasteiger partial charge in [-0.05, 0) is 45.7 Å². The van der Waals surface area contributed by atoms with E-state index in [1.807, 2.05) is 5.38 Å². The number of fused-ring (bicyclic) bond motifs is 1. The summed E-state index contributed by atoms with van der Waals surface area (Å²) in [6.45, 7) is 0. The van der Waals surface area contributed by atoms with Crippen molar-refractivity contribution in [3.05, 3.63) is 32.5 Å². The summed E-state index contributed by atoms with van der Waals surface area (Å²) < 4.78 is 15.1. The normalized spacial score (nSPS) is 10.4. The summed E-state index contributed by atoms with van der Waals surface area (Å²) in [5, 5.41) is 11.1. The Balaban J connectivity index is 2.81. The van der Waals surface area contributed by atoms with Crippen LogP contribution in [0.1, 0.15) is 5.56 Å². The van der Waals surface area contributed by atoms with E-state index in [2.05, 4.69) is 28.7 Å². The van der Waals surface area contributed by atoms with Gasteiger partial charge in [-0.3, -0.25) is 0 Å². The SMILES string of the molecule is N#CCc1c(I)cc(F)c2ccsc12. The zero-order valence-electron chi connectivity index (χ0n) is 7.05. The predicted molar refractivity (Wildman–Crippen MR) is 63.8 cm³/mol. The van der Waals surface area contributed by atoms with E-state index >= 15 is 0 Å². The van der Waals surface area contributed by atoms with E-state index < -0.39 is 0 Å². The molecule has 0 N–H and O–H groups in total. The maximum absolute atomic E-state index is 13.4. The minimum atomic E-state index is -0.202. The third-order valence-electron chi connectivity index (χ3n) is 1.99. The van der Waals surface area contributed by atoms with Gasteiger partial charge in [-0.2, -0.15) is 5.26 Å². The average molecular weight is 317 g/mol. The van der Waals surface area contributed by atoms with Crippen molar-refractivity contribution < 1.29 is 4.39 Å². The summed E-state index contributed by atoms with van der Waals surface area (Å²) in [6, 6.07) is 5.35. The van der Waals surface area contributed by atoms with Crippen molar-refractivity contribution in [3.8, 4) is 6.07 Å². The summed E-state index contributed by atoms with van der Waals surface area (Å²) in [4.78, 5) is 0. The quantitative estimate of drug-likeness (QED) is 0.736. The fraction of sp³-hybridized carbons (Fsp3) is 0.100. The number of hydrogen-bond acceptors (Lipinski definition) is 2. The highest BCUT2D eigenvalue weighted by Gasteiger charge is 2.11. The molecule has 0 amide bonds. The van der Waals surface area contributed by atoms with Crippen LogP contribution < -0.4 is 0 Å². The number of thiophene rings is 1. The molecule has 1 heterocycles. The lowest BCUT2D eigenvalue weighted by atomic mass is 10.1. The Morgan fingerprint density at radius 2 is 2.36 bits per heavy atom. The lowest BCUT2D eigenvalue weighted by Gasteiger charge is -2.02. The summed E-state index contributed by atoms with van der Waals surface area (Å²) in [7, 11) is 0. The number of nitriles is 1. The standard InChI is InChI=1S/C10H5FINS/c11-8-5-9(12)7(1-3-13)10-6(8)2-4-14-10/h2,4-5H,1H2. The van der Waals surface area contributed by atoms with Gasteiger partial charge in [-0.25, -0.2) is 4.39 Å². The molecule has 1 aromatic carbocycles. The molecule has 0 bridgehead atoms. The van der Waals surface area contributed by atoms with E-state index in [0.717, 1.165) is 13.8 Å². The van der Waals surface area contributed by atoms with Crippen LogP contribution in [0.25, 0.3) is 10.1 Å². The third-order valence-corrected chi connectivity index (χ3v) is 3.93. The Labute approximate surface area is 98.3 Å². The monoisotopic (exact) mass is 317 g/mol. The zero-order valence-corrected chi connectivity index (χ0v) is 10.0. The van der Waals surface area contributed by atoms with E-state index in [1.165, 1.54) is 17.4 Å². The van der Waals surface area contributed by atoms with E-state index in [1.54, 1.807) is 6.07 Å². The van der Waals surface area contributed by atoms with Crippen LogP contribution in [0.5, 0.6) is 0 Å². The molecule has 0 atom stereocenters. The van der Waals surface area contributed by atoms with E-state index in [0.29, 0.717) is 11.8 Å². The van der Waals surface area contributed by atoms with Gasteiger partial charge >= 0.3 is 0 Å². The van der Waals surface area contributed by atoms with Crippen LogP contribution in [0.15, 0.2) is 17.5 Å². The molecule has 0 saturated heterocycles. The van der Waals surface area contributed by atoms with Crippen molar-refractivity contribution in [2.24, 2.45) is 0 Å². The first-order chi connectivity index (χ1) is 6.74. The summed E-state index contributed by atoms with van der Waals surface area (Å²) in [5.74, 6) is -0.202. The number of hydrogen-bond donors (Lipinski definition) is 0. The molecule has 0 aliphatic heterocycles. The van der Waals surface area contributed by atoms with Gasteiger partial charge in [0, 0.05) is 13.7 Å². The van der Waals surface area contributed by atoms with Crippen LogP contribution in [0.4, 0.5) is 4.39 Å². The molecule has 14 heavy (non-hydrogen) atoms. The summed E-state index contributed by atoms with van der Waals surface area (Å²) >= 11 is 3.56. The highest BCUT2D eigenvalue weighted by Crippen LogP contribution is 2.31. The smallest absolute Gasteiger partial charge is 0.132 e. The molecule has 0 unspecified atom stereocenters. The highest BCUT2D eigenvalue weighted by molar-refractivity contribution is 14.1. The van der Waals surface area contributed by atoms with Crippen molar-refractivity contribution in [2.45, 2.75) is 6.42 Å². The number of rotatable bonds is 1. The Morgan fingerprint density at radius 1 is 1.57 bits per heavy atom. The Bertz CT molecular complexity index is 527. The zero-order chi connectivity index (χ0) is 10.1. The highest BCUT2D eigenvalue weighted by atomic mass is 127. The first kappa shape index (κ1) is 9.87. The second-order valence-electron chi connectivity index (χ2n) is 2.82. The van der Waals surface area contributed by atoms with E-state index in [9.17, 15) is 4.39 Å². The minimum Gasteiger partial charge on any atom is -0.206 e. The van der Waals surface area contributed by atoms with E-state index in [-0.39, 0.29) is 5.82 Å². The second-order valence-corrected chi connectivity index (χ2v) is 4.90. The molecule has 2 aromatic rings. The van der Waals surface area contributed by atoms with Crippen molar-refractivity contribution in [2.75, 3.05) is 0 Å². The third kappa shape index (κ3) is 1.51. The molecule has 0 saturated carbocycles. The molecule has 0 fully saturated rings. The Morgan fingerprint density at radius 3 is 3.07 bits per heavy atom. The Hall–Kier alpha value is -0.670. The molecular weight excluding hydrogens is 312 g/mol.